The third kappa shape index (κ3) is 4.02. The number of aryl methyl sites for hydroxylation is 1. The Balaban J connectivity index is 1.58. The summed E-state index contributed by atoms with van der Waals surface area (Å²) in [6.45, 7) is 6.68. The summed E-state index contributed by atoms with van der Waals surface area (Å²) in [5, 5.41) is 13.6. The Morgan fingerprint density at radius 2 is 2.09 bits per heavy atom. The van der Waals surface area contributed by atoms with E-state index in [2.05, 4.69) is 48.3 Å². The maximum atomic E-state index is 10.1. The minimum atomic E-state index is -0.230. The van der Waals surface area contributed by atoms with E-state index < -0.39 is 0 Å². The molecule has 0 saturated carbocycles. The molecule has 1 fully saturated rings. The number of aliphatic hydroxyl groups is 1. The SMILES string of the molecule is Cc1ccoc1C(C)NCC1CC(O)CN1Cc1ccccc1. The normalized spacial score (nSPS) is 23.3. The molecule has 3 atom stereocenters. The van der Waals surface area contributed by atoms with Crippen LogP contribution >= 0.6 is 0 Å². The molecule has 1 saturated heterocycles. The highest BCUT2D eigenvalue weighted by Gasteiger charge is 2.31. The second-order valence-electron chi connectivity index (χ2n) is 6.56. The zero-order valence-corrected chi connectivity index (χ0v) is 13.9. The van der Waals surface area contributed by atoms with Crippen LogP contribution in [0.5, 0.6) is 0 Å². The lowest BCUT2D eigenvalue weighted by Crippen LogP contribution is -2.38. The van der Waals surface area contributed by atoms with Gasteiger partial charge in [-0.25, -0.2) is 0 Å². The van der Waals surface area contributed by atoms with Crippen LogP contribution in [0, 0.1) is 6.92 Å². The van der Waals surface area contributed by atoms with Crippen LogP contribution in [0.3, 0.4) is 0 Å². The molecule has 1 aliphatic heterocycles. The van der Waals surface area contributed by atoms with Crippen LogP contribution in [0.4, 0.5) is 0 Å². The van der Waals surface area contributed by atoms with Gasteiger partial charge in [-0.2, -0.15) is 0 Å². The second kappa shape index (κ2) is 7.30. The molecular weight excluding hydrogens is 288 g/mol. The molecule has 0 aliphatic carbocycles. The third-order valence-corrected chi connectivity index (χ3v) is 4.69. The molecule has 0 amide bonds. The number of β-amino-alcohol motifs (C(OH)–C–C–N with tert-alkyl or cyclic N) is 1. The van der Waals surface area contributed by atoms with Crippen LogP contribution < -0.4 is 5.32 Å². The number of aliphatic hydroxyl groups excluding tert-OH is 1. The molecule has 3 rings (SSSR count). The van der Waals surface area contributed by atoms with Gasteiger partial charge in [0, 0.05) is 25.7 Å². The van der Waals surface area contributed by atoms with E-state index in [9.17, 15) is 5.11 Å². The van der Waals surface area contributed by atoms with Crippen molar-refractivity contribution in [2.75, 3.05) is 13.1 Å². The number of nitrogens with zero attached hydrogens (tertiary/aromatic N) is 1. The van der Waals surface area contributed by atoms with Gasteiger partial charge in [0.05, 0.1) is 18.4 Å². The molecule has 1 aromatic carbocycles. The Morgan fingerprint density at radius 1 is 1.30 bits per heavy atom. The molecule has 1 aliphatic rings. The van der Waals surface area contributed by atoms with Gasteiger partial charge >= 0.3 is 0 Å². The molecule has 4 nitrogen and oxygen atoms in total. The molecule has 124 valence electrons. The van der Waals surface area contributed by atoms with Gasteiger partial charge in [0.15, 0.2) is 0 Å². The first-order valence-electron chi connectivity index (χ1n) is 8.37. The zero-order chi connectivity index (χ0) is 16.2. The van der Waals surface area contributed by atoms with E-state index in [1.165, 1.54) is 11.1 Å². The Kier molecular flexibility index (Phi) is 5.16. The van der Waals surface area contributed by atoms with Gasteiger partial charge in [-0.1, -0.05) is 30.3 Å². The number of furan rings is 1. The Bertz CT molecular complexity index is 611. The highest BCUT2D eigenvalue weighted by Crippen LogP contribution is 2.22. The fourth-order valence-electron chi connectivity index (χ4n) is 3.41. The summed E-state index contributed by atoms with van der Waals surface area (Å²) in [6.07, 6.45) is 2.33. The van der Waals surface area contributed by atoms with Gasteiger partial charge in [-0.05, 0) is 37.5 Å². The molecule has 0 bridgehead atoms. The lowest BCUT2D eigenvalue weighted by Gasteiger charge is -2.26. The van der Waals surface area contributed by atoms with Crippen molar-refractivity contribution in [1.29, 1.82) is 0 Å². The standard InChI is InChI=1S/C19H26N2O2/c1-14-8-9-23-19(14)15(2)20-11-17-10-18(22)13-21(17)12-16-6-4-3-5-7-16/h3-9,15,17-18,20,22H,10-13H2,1-2H3. The van der Waals surface area contributed by atoms with Crippen molar-refractivity contribution in [3.05, 3.63) is 59.5 Å². The minimum Gasteiger partial charge on any atom is -0.467 e. The van der Waals surface area contributed by atoms with Gasteiger partial charge in [0.25, 0.3) is 0 Å². The van der Waals surface area contributed by atoms with E-state index in [4.69, 9.17) is 4.42 Å². The monoisotopic (exact) mass is 314 g/mol. The average Bonchev–Trinajstić information content (AvgIpc) is 3.12. The van der Waals surface area contributed by atoms with Gasteiger partial charge in [0.1, 0.15) is 5.76 Å². The van der Waals surface area contributed by atoms with E-state index in [0.717, 1.165) is 31.8 Å². The molecule has 23 heavy (non-hydrogen) atoms. The van der Waals surface area contributed by atoms with Crippen LogP contribution in [-0.4, -0.2) is 35.2 Å². The second-order valence-corrected chi connectivity index (χ2v) is 6.56. The molecule has 4 heteroatoms. The number of benzene rings is 1. The molecule has 0 radical (unpaired) electrons. The van der Waals surface area contributed by atoms with Crippen LogP contribution in [-0.2, 0) is 6.54 Å². The van der Waals surface area contributed by atoms with Crippen molar-refractivity contribution in [2.45, 2.75) is 45.0 Å². The van der Waals surface area contributed by atoms with E-state index in [-0.39, 0.29) is 12.1 Å². The quantitative estimate of drug-likeness (QED) is 0.861. The number of hydrogen-bond acceptors (Lipinski definition) is 4. The molecule has 2 aromatic rings. The Morgan fingerprint density at radius 3 is 2.78 bits per heavy atom. The fourth-order valence-corrected chi connectivity index (χ4v) is 3.41. The number of rotatable bonds is 6. The summed E-state index contributed by atoms with van der Waals surface area (Å²) in [7, 11) is 0. The summed E-state index contributed by atoms with van der Waals surface area (Å²) in [5.74, 6) is 0.998. The first-order valence-corrected chi connectivity index (χ1v) is 8.37. The molecule has 1 aromatic heterocycles. The predicted octanol–water partition coefficient (Wildman–Crippen LogP) is 2.87. The molecule has 2 heterocycles. The van der Waals surface area contributed by atoms with Gasteiger partial charge in [-0.3, -0.25) is 4.90 Å². The number of hydrogen-bond donors (Lipinski definition) is 2. The maximum Gasteiger partial charge on any atom is 0.123 e. The van der Waals surface area contributed by atoms with Crippen LogP contribution in [0.15, 0.2) is 47.1 Å². The Hall–Kier alpha value is -1.62. The van der Waals surface area contributed by atoms with Crippen LogP contribution in [0.2, 0.25) is 0 Å². The minimum absolute atomic E-state index is 0.182. The number of likely N-dealkylation sites (tertiary alicyclic amines) is 1. The summed E-state index contributed by atoms with van der Waals surface area (Å²) in [5.41, 5.74) is 2.47. The molecule has 0 spiro atoms. The van der Waals surface area contributed by atoms with Crippen molar-refractivity contribution >= 4 is 0 Å². The predicted molar refractivity (Wildman–Crippen MR) is 91.1 cm³/mol. The zero-order valence-electron chi connectivity index (χ0n) is 13.9. The van der Waals surface area contributed by atoms with E-state index in [1.807, 2.05) is 12.1 Å². The molecular formula is C19H26N2O2. The van der Waals surface area contributed by atoms with E-state index in [1.54, 1.807) is 6.26 Å². The smallest absolute Gasteiger partial charge is 0.123 e. The molecule has 2 N–H and O–H groups in total. The Labute approximate surface area is 138 Å². The van der Waals surface area contributed by atoms with Crippen molar-refractivity contribution in [3.8, 4) is 0 Å². The van der Waals surface area contributed by atoms with Gasteiger partial charge in [-0.15, -0.1) is 0 Å². The summed E-state index contributed by atoms with van der Waals surface area (Å²) >= 11 is 0. The van der Waals surface area contributed by atoms with Gasteiger partial charge in [0.2, 0.25) is 0 Å². The lowest BCUT2D eigenvalue weighted by atomic mass is 10.1. The maximum absolute atomic E-state index is 10.1. The largest absolute Gasteiger partial charge is 0.467 e. The summed E-state index contributed by atoms with van der Waals surface area (Å²) < 4.78 is 5.56. The fraction of sp³-hybridized carbons (Fsp3) is 0.474. The van der Waals surface area contributed by atoms with E-state index in [0.29, 0.717) is 6.04 Å². The van der Waals surface area contributed by atoms with Crippen LogP contribution in [0.1, 0.15) is 36.3 Å². The first-order chi connectivity index (χ1) is 11.1. The summed E-state index contributed by atoms with van der Waals surface area (Å²) in [4.78, 5) is 2.37. The van der Waals surface area contributed by atoms with Crippen molar-refractivity contribution in [3.63, 3.8) is 0 Å². The number of nitrogens with one attached hydrogen (secondary N) is 1. The average molecular weight is 314 g/mol. The van der Waals surface area contributed by atoms with Crippen LogP contribution in [0.25, 0.3) is 0 Å². The first kappa shape index (κ1) is 16.2. The third-order valence-electron chi connectivity index (χ3n) is 4.69. The van der Waals surface area contributed by atoms with E-state index >= 15 is 0 Å². The van der Waals surface area contributed by atoms with Gasteiger partial charge < -0.3 is 14.8 Å². The van der Waals surface area contributed by atoms with Crippen molar-refractivity contribution < 1.29 is 9.52 Å². The topological polar surface area (TPSA) is 48.6 Å². The highest BCUT2D eigenvalue weighted by atomic mass is 16.3. The highest BCUT2D eigenvalue weighted by molar-refractivity contribution is 5.18. The summed E-state index contributed by atoms with van der Waals surface area (Å²) in [6, 6.07) is 13.0. The lowest BCUT2D eigenvalue weighted by molar-refractivity contribution is 0.172. The van der Waals surface area contributed by atoms with Crippen molar-refractivity contribution in [1.82, 2.24) is 10.2 Å². The molecule has 3 unspecified atom stereocenters. The van der Waals surface area contributed by atoms with Crippen molar-refractivity contribution in [2.24, 2.45) is 0 Å².